The fourth-order valence-electron chi connectivity index (χ4n) is 9.26. The van der Waals surface area contributed by atoms with Crippen LogP contribution in [-0.2, 0) is 0 Å². The van der Waals surface area contributed by atoms with Crippen molar-refractivity contribution in [2.45, 2.75) is 0 Å². The predicted octanol–water partition coefficient (Wildman–Crippen LogP) is 15.1. The Hall–Kier alpha value is -8.61. The molecule has 0 bridgehead atoms. The van der Waals surface area contributed by atoms with E-state index in [1.54, 1.807) is 0 Å². The Labute approximate surface area is 361 Å². The molecule has 0 aliphatic carbocycles. The molecule has 63 heavy (non-hydrogen) atoms. The summed E-state index contributed by atoms with van der Waals surface area (Å²) in [6.07, 6.45) is 0. The van der Waals surface area contributed by atoms with Crippen LogP contribution in [0.1, 0.15) is 0 Å². The van der Waals surface area contributed by atoms with Gasteiger partial charge in [0, 0.05) is 54.7 Å². The molecular weight excluding hydrogens is 773 g/mol. The van der Waals surface area contributed by atoms with Crippen LogP contribution < -0.4 is 0 Å². The van der Waals surface area contributed by atoms with Gasteiger partial charge in [0.05, 0.1) is 11.0 Å². The summed E-state index contributed by atoms with van der Waals surface area (Å²) < 4.78 is 15.1. The first-order valence-corrected chi connectivity index (χ1v) is 21.1. The summed E-state index contributed by atoms with van der Waals surface area (Å²) in [5.41, 5.74) is 13.9. The molecule has 0 atom stereocenters. The third-order valence-electron chi connectivity index (χ3n) is 12.3. The summed E-state index contributed by atoms with van der Waals surface area (Å²) in [5.74, 6) is 1.77. The monoisotopic (exact) mass is 806 g/mol. The van der Waals surface area contributed by atoms with Crippen molar-refractivity contribution in [2.75, 3.05) is 0 Å². The summed E-state index contributed by atoms with van der Waals surface area (Å²) in [6.45, 7) is 0. The van der Waals surface area contributed by atoms with Crippen molar-refractivity contribution < 1.29 is 8.83 Å². The Bertz CT molecular complexity index is 3900. The molecule has 0 aliphatic heterocycles. The van der Waals surface area contributed by atoms with Gasteiger partial charge in [-0.25, -0.2) is 15.0 Å². The molecule has 6 heteroatoms. The van der Waals surface area contributed by atoms with Crippen molar-refractivity contribution in [1.82, 2.24) is 19.5 Å². The summed E-state index contributed by atoms with van der Waals surface area (Å²) in [7, 11) is 0. The van der Waals surface area contributed by atoms with Gasteiger partial charge in [0.2, 0.25) is 0 Å². The average molecular weight is 807 g/mol. The van der Waals surface area contributed by atoms with Crippen molar-refractivity contribution in [3.63, 3.8) is 0 Å². The van der Waals surface area contributed by atoms with Crippen molar-refractivity contribution in [3.8, 4) is 62.1 Å². The summed E-state index contributed by atoms with van der Waals surface area (Å²) in [5, 5.41) is 6.61. The minimum Gasteiger partial charge on any atom is -0.456 e. The first kappa shape index (κ1) is 35.2. The molecule has 6 nitrogen and oxygen atoms in total. The fourth-order valence-corrected chi connectivity index (χ4v) is 9.26. The molecule has 0 fully saturated rings. The third-order valence-corrected chi connectivity index (χ3v) is 12.3. The van der Waals surface area contributed by atoms with Crippen LogP contribution in [0.2, 0.25) is 0 Å². The summed E-state index contributed by atoms with van der Waals surface area (Å²) in [6, 6.07) is 71.6. The molecule has 13 rings (SSSR count). The highest BCUT2D eigenvalue weighted by Crippen LogP contribution is 2.41. The van der Waals surface area contributed by atoms with E-state index in [2.05, 4.69) is 150 Å². The highest BCUT2D eigenvalue weighted by atomic mass is 16.3. The Morgan fingerprint density at radius 3 is 1.67 bits per heavy atom. The van der Waals surface area contributed by atoms with Gasteiger partial charge in [0.15, 0.2) is 17.5 Å². The van der Waals surface area contributed by atoms with Gasteiger partial charge in [-0.2, -0.15) is 0 Å². The van der Waals surface area contributed by atoms with E-state index in [0.29, 0.717) is 17.5 Å². The number of para-hydroxylation sites is 3. The lowest BCUT2D eigenvalue weighted by Gasteiger charge is -2.10. The largest absolute Gasteiger partial charge is 0.456 e. The number of benzene rings is 9. The molecule has 4 heterocycles. The SMILES string of the molecule is c1ccc(-c2nc(-c3ccc(-c4ccc5c(c4)oc4ccccc45)cc3)nc(-c3cccc4oc5ccc(-c6ccc7c(c6)c6ccccc6n7-c6ccccc6)cc5c34)n2)cc1. The smallest absolute Gasteiger partial charge is 0.164 e. The van der Waals surface area contributed by atoms with Crippen LogP contribution in [-0.4, -0.2) is 19.5 Å². The van der Waals surface area contributed by atoms with Crippen LogP contribution in [0, 0.1) is 0 Å². The zero-order chi connectivity index (χ0) is 41.4. The molecule has 0 N–H and O–H groups in total. The van der Waals surface area contributed by atoms with Gasteiger partial charge in [-0.3, -0.25) is 0 Å². The van der Waals surface area contributed by atoms with Gasteiger partial charge < -0.3 is 13.4 Å². The Balaban J connectivity index is 0.927. The first-order valence-electron chi connectivity index (χ1n) is 21.1. The van der Waals surface area contributed by atoms with Crippen LogP contribution in [0.3, 0.4) is 0 Å². The number of furan rings is 2. The molecule has 0 spiro atoms. The standard InChI is InChI=1S/C57H34N4O2/c1-3-12-36(13-4-1)55-58-56(37-24-22-35(23-25-37)40-26-29-44-43-17-8-10-20-50(43)63-53(44)34-40)60-57(59-55)45-18-11-21-52-54(45)47-33-39(28-31-51(47)62-52)38-27-30-49-46(32-38)42-16-7-9-19-48(42)61(49)41-14-5-2-6-15-41/h1-34H. The molecular formula is C57H34N4O2. The topological polar surface area (TPSA) is 69.9 Å². The number of nitrogens with zero attached hydrogens (tertiary/aromatic N) is 4. The second kappa shape index (κ2) is 14.0. The van der Waals surface area contributed by atoms with E-state index >= 15 is 0 Å². The van der Waals surface area contributed by atoms with Gasteiger partial charge in [0.25, 0.3) is 0 Å². The lowest BCUT2D eigenvalue weighted by atomic mass is 9.99. The maximum atomic E-state index is 6.53. The second-order valence-corrected chi connectivity index (χ2v) is 16.0. The first-order chi connectivity index (χ1) is 31.2. The third kappa shape index (κ3) is 5.76. The van der Waals surface area contributed by atoms with Crippen molar-refractivity contribution in [1.29, 1.82) is 0 Å². The number of fused-ring (bicyclic) bond motifs is 9. The van der Waals surface area contributed by atoms with Gasteiger partial charge >= 0.3 is 0 Å². The van der Waals surface area contributed by atoms with Gasteiger partial charge in [-0.15, -0.1) is 0 Å². The number of rotatable bonds is 6. The molecule has 0 unspecified atom stereocenters. The van der Waals surface area contributed by atoms with Crippen molar-refractivity contribution >= 4 is 65.7 Å². The molecule has 4 aromatic heterocycles. The summed E-state index contributed by atoms with van der Waals surface area (Å²) in [4.78, 5) is 15.4. The molecule has 9 aromatic carbocycles. The van der Waals surface area contributed by atoms with Crippen LogP contribution in [0.15, 0.2) is 215 Å². The average Bonchev–Trinajstić information content (AvgIpc) is 4.03. The van der Waals surface area contributed by atoms with E-state index in [0.717, 1.165) is 88.5 Å². The van der Waals surface area contributed by atoms with Crippen LogP contribution in [0.25, 0.3) is 128 Å². The molecule has 13 aromatic rings. The zero-order valence-electron chi connectivity index (χ0n) is 33.7. The fraction of sp³-hybridized carbons (Fsp3) is 0. The van der Waals surface area contributed by atoms with Crippen LogP contribution >= 0.6 is 0 Å². The molecule has 0 saturated heterocycles. The number of hydrogen-bond donors (Lipinski definition) is 0. The second-order valence-electron chi connectivity index (χ2n) is 16.0. The van der Waals surface area contributed by atoms with Crippen LogP contribution in [0.5, 0.6) is 0 Å². The van der Waals surface area contributed by atoms with E-state index in [9.17, 15) is 0 Å². The highest BCUT2D eigenvalue weighted by molar-refractivity contribution is 6.14. The lowest BCUT2D eigenvalue weighted by Crippen LogP contribution is -2.00. The normalized spacial score (nSPS) is 11.8. The van der Waals surface area contributed by atoms with E-state index < -0.39 is 0 Å². The molecule has 0 aliphatic rings. The quantitative estimate of drug-likeness (QED) is 0.167. The minimum absolute atomic E-state index is 0.576. The summed E-state index contributed by atoms with van der Waals surface area (Å²) >= 11 is 0. The Morgan fingerprint density at radius 1 is 0.302 bits per heavy atom. The van der Waals surface area contributed by atoms with Gasteiger partial charge in [0.1, 0.15) is 22.3 Å². The molecule has 294 valence electrons. The van der Waals surface area contributed by atoms with E-state index in [4.69, 9.17) is 23.8 Å². The molecule has 0 amide bonds. The van der Waals surface area contributed by atoms with Crippen molar-refractivity contribution in [3.05, 3.63) is 206 Å². The Morgan fingerprint density at radius 2 is 0.841 bits per heavy atom. The van der Waals surface area contributed by atoms with E-state index in [1.165, 1.54) is 21.8 Å². The van der Waals surface area contributed by atoms with Gasteiger partial charge in [-0.05, 0) is 89.0 Å². The lowest BCUT2D eigenvalue weighted by molar-refractivity contribution is 0.668. The minimum atomic E-state index is 0.576. The molecule has 0 radical (unpaired) electrons. The number of aromatic nitrogens is 4. The van der Waals surface area contributed by atoms with Crippen LogP contribution in [0.4, 0.5) is 0 Å². The Kier molecular flexibility index (Phi) is 7.80. The maximum Gasteiger partial charge on any atom is 0.164 e. The number of hydrogen-bond acceptors (Lipinski definition) is 5. The van der Waals surface area contributed by atoms with Crippen molar-refractivity contribution in [2.24, 2.45) is 0 Å². The van der Waals surface area contributed by atoms with Gasteiger partial charge in [-0.1, -0.05) is 140 Å². The van der Waals surface area contributed by atoms with E-state index in [1.807, 2.05) is 60.7 Å². The zero-order valence-corrected chi connectivity index (χ0v) is 33.7. The predicted molar refractivity (Wildman–Crippen MR) is 256 cm³/mol. The van der Waals surface area contributed by atoms with E-state index in [-0.39, 0.29) is 0 Å². The molecule has 0 saturated carbocycles. The highest BCUT2D eigenvalue weighted by Gasteiger charge is 2.20. The maximum absolute atomic E-state index is 6.53.